The number of amides is 2. The number of esters is 2. The Morgan fingerprint density at radius 1 is 1.07 bits per heavy atom. The fourth-order valence-corrected chi connectivity index (χ4v) is 6.83. The predicted octanol–water partition coefficient (Wildman–Crippen LogP) is 2.06. The van der Waals surface area contributed by atoms with E-state index >= 15 is 0 Å². The number of anilines is 1. The molecular weight excluding hydrogens is 558 g/mol. The molecule has 1 fully saturated rings. The Kier molecular flexibility index (Phi) is 8.29. The summed E-state index contributed by atoms with van der Waals surface area (Å²) in [5, 5.41) is 10.2. The van der Waals surface area contributed by atoms with Crippen LogP contribution >= 0.6 is 22.9 Å². The summed E-state index contributed by atoms with van der Waals surface area (Å²) in [6, 6.07) is 3.68. The molecule has 3 N–H and O–H groups in total. The Morgan fingerprint density at radius 3 is 2.42 bits per heavy atom. The zero-order valence-corrected chi connectivity index (χ0v) is 24.1. The maximum absolute atomic E-state index is 13.4. The van der Waals surface area contributed by atoms with E-state index in [2.05, 4.69) is 25.8 Å². The summed E-state index contributed by atoms with van der Waals surface area (Å²) in [7, 11) is 2.03. The van der Waals surface area contributed by atoms with Crippen LogP contribution in [-0.4, -0.2) is 77.6 Å². The first kappa shape index (κ1) is 28.3. The van der Waals surface area contributed by atoms with Crippen molar-refractivity contribution in [2.24, 2.45) is 0 Å². The first-order valence-electron chi connectivity index (χ1n) is 13.2. The van der Waals surface area contributed by atoms with E-state index in [4.69, 9.17) is 21.1 Å². The highest BCUT2D eigenvalue weighted by molar-refractivity contribution is 7.13. The number of nitrogens with zero attached hydrogens (tertiary/aromatic N) is 2. The molecule has 3 aliphatic rings. The number of nitrogens with one attached hydrogen (secondary N) is 3. The minimum absolute atomic E-state index is 0.149. The molecule has 1 aromatic heterocycles. The maximum atomic E-state index is 13.4. The highest BCUT2D eigenvalue weighted by atomic mass is 35.5. The van der Waals surface area contributed by atoms with Crippen LogP contribution in [0.2, 0.25) is 5.02 Å². The van der Waals surface area contributed by atoms with Gasteiger partial charge < -0.3 is 30.3 Å². The number of hydrogen-bond acceptors (Lipinski definition) is 10. The molecule has 11 nitrogen and oxygen atoms in total. The van der Waals surface area contributed by atoms with Crippen molar-refractivity contribution in [3.63, 3.8) is 0 Å². The molecule has 2 aliphatic heterocycles. The fourth-order valence-electron chi connectivity index (χ4n) is 5.55. The summed E-state index contributed by atoms with van der Waals surface area (Å²) >= 11 is 7.48. The van der Waals surface area contributed by atoms with Gasteiger partial charge in [-0.15, -0.1) is 11.3 Å². The van der Waals surface area contributed by atoms with Crippen molar-refractivity contribution in [1.82, 2.24) is 20.5 Å². The highest BCUT2D eigenvalue weighted by Gasteiger charge is 2.43. The topological polar surface area (TPSA) is 139 Å². The number of hydrogen-bond donors (Lipinski definition) is 3. The molecular formula is C27H32ClN5O6S. The van der Waals surface area contributed by atoms with Crippen LogP contribution in [0.4, 0.5) is 5.69 Å². The van der Waals surface area contributed by atoms with E-state index in [1.54, 1.807) is 6.07 Å². The van der Waals surface area contributed by atoms with Crippen molar-refractivity contribution in [2.75, 3.05) is 18.9 Å². The number of thiazole rings is 1. The maximum Gasteiger partial charge on any atom is 0.303 e. The van der Waals surface area contributed by atoms with Crippen molar-refractivity contribution in [3.8, 4) is 0 Å². The Bertz CT molecular complexity index is 1330. The molecule has 0 saturated heterocycles. The molecule has 40 heavy (non-hydrogen) atoms. The number of rotatable bonds is 6. The quantitative estimate of drug-likeness (QED) is 0.432. The Morgan fingerprint density at radius 2 is 1.75 bits per heavy atom. The largest absolute Gasteiger partial charge is 0.459 e. The van der Waals surface area contributed by atoms with Crippen molar-refractivity contribution in [3.05, 3.63) is 44.4 Å². The van der Waals surface area contributed by atoms with Crippen molar-refractivity contribution < 1.29 is 28.7 Å². The second-order valence-corrected chi connectivity index (χ2v) is 12.1. The first-order valence-corrected chi connectivity index (χ1v) is 14.4. The normalized spacial score (nSPS) is 25.6. The zero-order valence-electron chi connectivity index (χ0n) is 22.5. The number of likely N-dealkylation sites (N-methyl/N-ethyl adjacent to an activating group) is 1. The minimum atomic E-state index is -0.783. The number of halogens is 1. The van der Waals surface area contributed by atoms with Crippen molar-refractivity contribution >= 4 is 52.4 Å². The van der Waals surface area contributed by atoms with E-state index in [-0.39, 0.29) is 24.7 Å². The lowest BCUT2D eigenvalue weighted by atomic mass is 9.85. The smallest absolute Gasteiger partial charge is 0.303 e. The van der Waals surface area contributed by atoms with Crippen molar-refractivity contribution in [2.45, 2.75) is 76.4 Å². The molecule has 0 radical (unpaired) electrons. The van der Waals surface area contributed by atoms with Gasteiger partial charge in [0.1, 0.15) is 18.2 Å². The van der Waals surface area contributed by atoms with E-state index in [1.165, 1.54) is 25.2 Å². The number of carbonyl (C=O) groups is 4. The molecule has 3 heterocycles. The van der Waals surface area contributed by atoms with Gasteiger partial charge in [0.25, 0.3) is 5.91 Å². The molecule has 13 heteroatoms. The molecule has 5 atom stereocenters. The van der Waals surface area contributed by atoms with Gasteiger partial charge in [-0.2, -0.15) is 0 Å². The molecule has 2 aromatic rings. The summed E-state index contributed by atoms with van der Waals surface area (Å²) in [5.41, 5.74) is 2.71. The highest BCUT2D eigenvalue weighted by Crippen LogP contribution is 2.31. The Balaban J connectivity index is 1.34. The lowest BCUT2D eigenvalue weighted by Gasteiger charge is -2.40. The lowest BCUT2D eigenvalue weighted by molar-refractivity contribution is -0.170. The summed E-state index contributed by atoms with van der Waals surface area (Å²) in [6.45, 7) is 4.17. The monoisotopic (exact) mass is 589 g/mol. The second kappa shape index (κ2) is 11.7. The summed E-state index contributed by atoms with van der Waals surface area (Å²) < 4.78 is 11.0. The zero-order chi connectivity index (χ0) is 28.6. The SMILES string of the molecule is CC(=O)OC1C[C@H](NC(=O)C2Cc3cc(Cl)ccc3N2)[C@H](NC(=O)c2nc3c(s2)CN(C)CC3)CC1OC(C)=O. The Hall–Kier alpha value is -3.22. The first-order chi connectivity index (χ1) is 19.0. The summed E-state index contributed by atoms with van der Waals surface area (Å²) in [5.74, 6) is -1.69. The van der Waals surface area contributed by atoms with Gasteiger partial charge in [-0.1, -0.05) is 11.6 Å². The van der Waals surface area contributed by atoms with Crippen LogP contribution in [0.15, 0.2) is 18.2 Å². The molecule has 1 saturated carbocycles. The number of aromatic nitrogens is 1. The molecule has 2 amide bonds. The van der Waals surface area contributed by atoms with Gasteiger partial charge in [0.15, 0.2) is 5.01 Å². The molecule has 0 bridgehead atoms. The standard InChI is InChI=1S/C27H32ClN5O6S/c1-13(34)38-22-10-19(30-25(36)21-9-15-8-16(28)4-5-17(15)29-21)20(11-23(22)39-14(2)35)31-26(37)27-32-18-6-7-33(3)12-24(18)40-27/h4-5,8,19-23,29H,6-7,9-12H2,1-3H3,(H,30,36)(H,31,37)/t19-,20+,21?,22?,23?/m0/s1. The van der Waals surface area contributed by atoms with E-state index in [0.29, 0.717) is 16.5 Å². The van der Waals surface area contributed by atoms with E-state index in [9.17, 15) is 19.2 Å². The molecule has 0 spiro atoms. The second-order valence-electron chi connectivity index (χ2n) is 10.5. The van der Waals surface area contributed by atoms with E-state index in [1.807, 2.05) is 19.2 Å². The number of benzene rings is 1. The Labute approximate surface area is 240 Å². The van der Waals surface area contributed by atoms with Crippen LogP contribution in [0.25, 0.3) is 0 Å². The van der Waals surface area contributed by atoms with Crippen molar-refractivity contribution in [1.29, 1.82) is 0 Å². The molecule has 1 aliphatic carbocycles. The predicted molar refractivity (Wildman–Crippen MR) is 148 cm³/mol. The van der Waals surface area contributed by atoms with Crippen LogP contribution in [0.5, 0.6) is 0 Å². The van der Waals surface area contributed by atoms with Gasteiger partial charge in [-0.3, -0.25) is 19.2 Å². The van der Waals surface area contributed by atoms with Crippen LogP contribution in [0.3, 0.4) is 0 Å². The van der Waals surface area contributed by atoms with Crippen LogP contribution in [0, 0.1) is 0 Å². The number of fused-ring (bicyclic) bond motifs is 2. The van der Waals surface area contributed by atoms with E-state index < -0.39 is 42.3 Å². The third-order valence-corrected chi connectivity index (χ3v) is 8.72. The van der Waals surface area contributed by atoms with E-state index in [0.717, 1.165) is 41.3 Å². The van der Waals surface area contributed by atoms with Crippen LogP contribution < -0.4 is 16.0 Å². The number of carbonyl (C=O) groups excluding carboxylic acids is 4. The third kappa shape index (κ3) is 6.39. The number of ether oxygens (including phenoxy) is 2. The molecule has 1 aromatic carbocycles. The van der Waals surface area contributed by atoms with Gasteiger partial charge in [0.2, 0.25) is 5.91 Å². The fraction of sp³-hybridized carbons (Fsp3) is 0.519. The van der Waals surface area contributed by atoms with Gasteiger partial charge in [0.05, 0.1) is 17.8 Å². The summed E-state index contributed by atoms with van der Waals surface area (Å²) in [6.07, 6.45) is -0.0367. The molecule has 3 unspecified atom stereocenters. The van der Waals surface area contributed by atoms with Gasteiger partial charge in [0, 0.05) is 68.2 Å². The van der Waals surface area contributed by atoms with Gasteiger partial charge in [-0.25, -0.2) is 4.98 Å². The minimum Gasteiger partial charge on any atom is -0.459 e. The molecule has 214 valence electrons. The van der Waals surface area contributed by atoms with Gasteiger partial charge >= 0.3 is 11.9 Å². The molecule has 5 rings (SSSR count). The average Bonchev–Trinajstić information content (AvgIpc) is 3.49. The lowest BCUT2D eigenvalue weighted by Crippen LogP contribution is -2.61. The third-order valence-electron chi connectivity index (χ3n) is 7.41. The average molecular weight is 590 g/mol. The summed E-state index contributed by atoms with van der Waals surface area (Å²) in [4.78, 5) is 58.3. The van der Waals surface area contributed by atoms with Gasteiger partial charge in [-0.05, 0) is 30.8 Å². The van der Waals surface area contributed by atoms with Crippen LogP contribution in [0.1, 0.15) is 52.6 Å². The van der Waals surface area contributed by atoms with Crippen LogP contribution in [-0.2, 0) is 43.2 Å².